The number of carboxylic acids is 1. The van der Waals surface area contributed by atoms with Crippen molar-refractivity contribution in [2.75, 3.05) is 7.05 Å². The van der Waals surface area contributed by atoms with Gasteiger partial charge in [-0.05, 0) is 25.3 Å². The predicted molar refractivity (Wildman–Crippen MR) is 69.8 cm³/mol. The van der Waals surface area contributed by atoms with Crippen molar-refractivity contribution in [3.8, 4) is 0 Å². The Morgan fingerprint density at radius 1 is 1.30 bits per heavy atom. The highest BCUT2D eigenvalue weighted by atomic mass is 16.6. The average Bonchev–Trinajstić information content (AvgIpc) is 2.34. The number of nitro benzene ring substituents is 1. The van der Waals surface area contributed by atoms with Gasteiger partial charge in [-0.25, -0.2) is 4.79 Å². The topological polar surface area (TPSA) is 101 Å². The molecule has 0 spiro atoms. The molecule has 1 aromatic rings. The molecule has 1 aromatic carbocycles. The minimum Gasteiger partial charge on any atom is -0.478 e. The number of hydrogen-bond acceptors (Lipinski definition) is 4. The number of nitro groups is 1. The molecule has 0 unspecified atom stereocenters. The Morgan fingerprint density at radius 3 is 2.35 bits per heavy atom. The fourth-order valence-electron chi connectivity index (χ4n) is 2.11. The summed E-state index contributed by atoms with van der Waals surface area (Å²) in [6.07, 6.45) is 2.86. The molecule has 0 aromatic heterocycles. The molecule has 7 heteroatoms. The van der Waals surface area contributed by atoms with Crippen LogP contribution >= 0.6 is 0 Å². The zero-order valence-electron chi connectivity index (χ0n) is 10.9. The van der Waals surface area contributed by atoms with E-state index in [1.807, 2.05) is 0 Å². The number of carbonyl (C=O) groups excluding carboxylic acids is 1. The maximum atomic E-state index is 12.2. The second kappa shape index (κ2) is 5.28. The maximum Gasteiger partial charge on any atom is 0.335 e. The van der Waals surface area contributed by atoms with Gasteiger partial charge in [-0.3, -0.25) is 14.9 Å². The average molecular weight is 278 g/mol. The Labute approximate surface area is 115 Å². The van der Waals surface area contributed by atoms with Crippen LogP contribution in [0.2, 0.25) is 0 Å². The van der Waals surface area contributed by atoms with E-state index in [0.717, 1.165) is 31.4 Å². The first-order valence-electron chi connectivity index (χ1n) is 6.20. The Bertz CT molecular complexity index is 548. The van der Waals surface area contributed by atoms with Crippen molar-refractivity contribution in [3.63, 3.8) is 0 Å². The van der Waals surface area contributed by atoms with Gasteiger partial charge in [0.15, 0.2) is 0 Å². The molecule has 0 heterocycles. The summed E-state index contributed by atoms with van der Waals surface area (Å²) in [5.41, 5.74) is -0.620. The summed E-state index contributed by atoms with van der Waals surface area (Å²) in [6.45, 7) is 0. The van der Waals surface area contributed by atoms with Crippen molar-refractivity contribution in [3.05, 3.63) is 39.4 Å². The highest BCUT2D eigenvalue weighted by molar-refractivity contribution is 5.98. The molecular formula is C13H14N2O5. The van der Waals surface area contributed by atoms with E-state index in [0.29, 0.717) is 0 Å². The summed E-state index contributed by atoms with van der Waals surface area (Å²) in [5, 5.41) is 19.8. The highest BCUT2D eigenvalue weighted by Crippen LogP contribution is 2.26. The van der Waals surface area contributed by atoms with Gasteiger partial charge in [0.1, 0.15) is 0 Å². The summed E-state index contributed by atoms with van der Waals surface area (Å²) in [5.74, 6) is -1.69. The van der Waals surface area contributed by atoms with E-state index >= 15 is 0 Å². The maximum absolute atomic E-state index is 12.2. The third-order valence-electron chi connectivity index (χ3n) is 3.57. The van der Waals surface area contributed by atoms with Gasteiger partial charge in [0.05, 0.1) is 10.5 Å². The smallest absolute Gasteiger partial charge is 0.335 e. The molecule has 0 radical (unpaired) electrons. The van der Waals surface area contributed by atoms with Crippen LogP contribution in [0.25, 0.3) is 0 Å². The molecular weight excluding hydrogens is 264 g/mol. The Morgan fingerprint density at radius 2 is 1.90 bits per heavy atom. The first-order chi connectivity index (χ1) is 9.40. The molecule has 7 nitrogen and oxygen atoms in total. The highest BCUT2D eigenvalue weighted by Gasteiger charge is 2.27. The van der Waals surface area contributed by atoms with E-state index in [1.54, 1.807) is 7.05 Å². The van der Waals surface area contributed by atoms with E-state index in [-0.39, 0.29) is 23.1 Å². The van der Waals surface area contributed by atoms with Gasteiger partial charge in [-0.2, -0.15) is 0 Å². The number of benzene rings is 1. The molecule has 2 rings (SSSR count). The normalized spacial score (nSPS) is 14.4. The zero-order chi connectivity index (χ0) is 14.9. The standard InChI is InChI=1S/C13H14N2O5/c1-14(10-3-2-4-10)12(16)8-5-9(13(17)18)7-11(6-8)15(19)20/h5-7,10H,2-4H2,1H3,(H,17,18). The first kappa shape index (κ1) is 14.0. The van der Waals surface area contributed by atoms with E-state index < -0.39 is 16.6 Å². The molecule has 1 aliphatic rings. The van der Waals surface area contributed by atoms with Crippen LogP contribution in [-0.4, -0.2) is 39.9 Å². The van der Waals surface area contributed by atoms with Gasteiger partial charge >= 0.3 is 5.97 Å². The molecule has 0 bridgehead atoms. The number of carboxylic acid groups (broad SMARTS) is 1. The second-order valence-electron chi connectivity index (χ2n) is 4.83. The summed E-state index contributed by atoms with van der Waals surface area (Å²) >= 11 is 0. The van der Waals surface area contributed by atoms with Gasteiger partial charge < -0.3 is 10.0 Å². The molecule has 106 valence electrons. The number of hydrogen-bond donors (Lipinski definition) is 1. The van der Waals surface area contributed by atoms with Crippen molar-refractivity contribution in [2.45, 2.75) is 25.3 Å². The van der Waals surface area contributed by atoms with Crippen molar-refractivity contribution < 1.29 is 19.6 Å². The van der Waals surface area contributed by atoms with Gasteiger partial charge in [0.25, 0.3) is 11.6 Å². The molecule has 0 saturated heterocycles. The SMILES string of the molecule is CN(C(=O)c1cc(C(=O)O)cc([N+](=O)[O-])c1)C1CCC1. The van der Waals surface area contributed by atoms with Gasteiger partial charge in [0, 0.05) is 30.8 Å². The lowest BCUT2D eigenvalue weighted by Crippen LogP contribution is -2.41. The fraction of sp³-hybridized carbons (Fsp3) is 0.385. The number of aromatic carboxylic acids is 1. The fourth-order valence-corrected chi connectivity index (χ4v) is 2.11. The van der Waals surface area contributed by atoms with E-state index in [1.165, 1.54) is 11.0 Å². The van der Waals surface area contributed by atoms with Gasteiger partial charge in [-0.15, -0.1) is 0 Å². The van der Waals surface area contributed by atoms with Crippen LogP contribution in [0.1, 0.15) is 40.0 Å². The minimum atomic E-state index is -1.30. The van der Waals surface area contributed by atoms with E-state index in [9.17, 15) is 19.7 Å². The Balaban J connectivity index is 2.36. The third-order valence-corrected chi connectivity index (χ3v) is 3.57. The van der Waals surface area contributed by atoms with Crippen molar-refractivity contribution in [1.29, 1.82) is 0 Å². The van der Waals surface area contributed by atoms with Crippen LogP contribution in [0.3, 0.4) is 0 Å². The van der Waals surface area contributed by atoms with Gasteiger partial charge in [0.2, 0.25) is 0 Å². The minimum absolute atomic E-state index is 0.0333. The van der Waals surface area contributed by atoms with Gasteiger partial charge in [-0.1, -0.05) is 0 Å². The Kier molecular flexibility index (Phi) is 3.69. The Hall–Kier alpha value is -2.44. The summed E-state index contributed by atoms with van der Waals surface area (Å²) in [4.78, 5) is 34.8. The van der Waals surface area contributed by atoms with Crippen LogP contribution in [0.4, 0.5) is 5.69 Å². The zero-order valence-corrected chi connectivity index (χ0v) is 10.9. The lowest BCUT2D eigenvalue weighted by atomic mass is 9.91. The monoisotopic (exact) mass is 278 g/mol. The number of non-ortho nitro benzene ring substituents is 1. The summed E-state index contributed by atoms with van der Waals surface area (Å²) in [7, 11) is 1.63. The molecule has 20 heavy (non-hydrogen) atoms. The summed E-state index contributed by atoms with van der Waals surface area (Å²) in [6, 6.07) is 3.37. The number of rotatable bonds is 4. The molecule has 1 aliphatic carbocycles. The predicted octanol–water partition coefficient (Wildman–Crippen LogP) is 1.92. The number of carbonyl (C=O) groups is 2. The molecule has 1 N–H and O–H groups in total. The largest absolute Gasteiger partial charge is 0.478 e. The molecule has 0 aliphatic heterocycles. The van der Waals surface area contributed by atoms with Crippen LogP contribution < -0.4 is 0 Å². The van der Waals surface area contributed by atoms with Crippen molar-refractivity contribution in [2.24, 2.45) is 0 Å². The molecule has 1 amide bonds. The van der Waals surface area contributed by atoms with Crippen LogP contribution in [0.5, 0.6) is 0 Å². The van der Waals surface area contributed by atoms with Crippen LogP contribution in [-0.2, 0) is 0 Å². The summed E-state index contributed by atoms with van der Waals surface area (Å²) < 4.78 is 0. The van der Waals surface area contributed by atoms with Crippen molar-refractivity contribution >= 4 is 17.6 Å². The molecule has 1 fully saturated rings. The number of nitrogens with zero attached hydrogens (tertiary/aromatic N) is 2. The quantitative estimate of drug-likeness (QED) is 0.669. The second-order valence-corrected chi connectivity index (χ2v) is 4.83. The third kappa shape index (κ3) is 2.61. The van der Waals surface area contributed by atoms with E-state index in [2.05, 4.69) is 0 Å². The first-order valence-corrected chi connectivity index (χ1v) is 6.20. The lowest BCUT2D eigenvalue weighted by Gasteiger charge is -2.34. The van der Waals surface area contributed by atoms with Crippen molar-refractivity contribution in [1.82, 2.24) is 4.90 Å². The molecule has 1 saturated carbocycles. The molecule has 0 atom stereocenters. The number of amides is 1. The lowest BCUT2D eigenvalue weighted by molar-refractivity contribution is -0.384. The van der Waals surface area contributed by atoms with Crippen LogP contribution in [0, 0.1) is 10.1 Å². The van der Waals surface area contributed by atoms with Crippen LogP contribution in [0.15, 0.2) is 18.2 Å². The van der Waals surface area contributed by atoms with E-state index in [4.69, 9.17) is 5.11 Å².